The van der Waals surface area contributed by atoms with Crippen LogP contribution in [0.1, 0.15) is 66.8 Å². The molecule has 0 spiro atoms. The predicted octanol–water partition coefficient (Wildman–Crippen LogP) is 12.6. The molecule has 0 saturated carbocycles. The van der Waals surface area contributed by atoms with Crippen LogP contribution in [-0.2, 0) is 15.7 Å². The maximum atomic E-state index is 9.64. The molecule has 6 aromatic carbocycles. The Morgan fingerprint density at radius 3 is 1.61 bits per heavy atom. The fourth-order valence-corrected chi connectivity index (χ4v) is 9.50. The molecule has 1 saturated heterocycles. The van der Waals surface area contributed by atoms with Crippen LogP contribution in [0.3, 0.4) is 0 Å². The number of aromatic hydroxyl groups is 1. The second-order valence-corrected chi connectivity index (χ2v) is 17.0. The van der Waals surface area contributed by atoms with Gasteiger partial charge in [0.15, 0.2) is 0 Å². The number of aliphatic imine (C=N–C) groups is 1. The zero-order valence-corrected chi connectivity index (χ0v) is 36.7. The quantitative estimate of drug-likeness (QED) is 0.107. The fraction of sp³-hybridized carbons (Fsp3) is 0.196. The first-order valence-corrected chi connectivity index (χ1v) is 22.5. The van der Waals surface area contributed by atoms with Gasteiger partial charge in [-0.15, -0.1) is 0 Å². The van der Waals surface area contributed by atoms with Crippen LogP contribution in [-0.4, -0.2) is 28.5 Å². The van der Waals surface area contributed by atoms with E-state index in [1.54, 1.807) is 18.3 Å². The maximum absolute atomic E-state index is 9.64. The summed E-state index contributed by atoms with van der Waals surface area (Å²) >= 11 is -0.218. The van der Waals surface area contributed by atoms with Gasteiger partial charge in [-0.1, -0.05) is 65.7 Å². The Hall–Kier alpha value is -5.09. The summed E-state index contributed by atoms with van der Waals surface area (Å²) in [4.78, 5) is 9.26. The van der Waals surface area contributed by atoms with Crippen molar-refractivity contribution in [1.82, 2.24) is 0 Å². The molecule has 8 rings (SSSR count). The first kappa shape index (κ1) is 41.5. The number of phenols is 1. The van der Waals surface area contributed by atoms with Crippen LogP contribution in [0.4, 0.5) is 17.1 Å². The van der Waals surface area contributed by atoms with Crippen molar-refractivity contribution in [2.24, 2.45) is 4.99 Å². The third-order valence-electron chi connectivity index (χ3n) is 10.3. The average Bonchev–Trinajstić information content (AvgIpc) is 3.81. The van der Waals surface area contributed by atoms with E-state index in [1.807, 2.05) is 50.2 Å². The molecule has 0 unspecified atom stereocenters. The van der Waals surface area contributed by atoms with E-state index in [-0.39, 0.29) is 21.4 Å². The number of aryl methyl sites for hydroxylation is 8. The van der Waals surface area contributed by atoms with Gasteiger partial charge in [-0.25, -0.2) is 0 Å². The Bertz CT molecular complexity index is 2340. The second-order valence-electron chi connectivity index (χ2n) is 14.9. The summed E-state index contributed by atoms with van der Waals surface area (Å²) < 4.78 is 1.30. The third-order valence-corrected chi connectivity index (χ3v) is 12.2. The van der Waals surface area contributed by atoms with E-state index in [2.05, 4.69) is 142 Å². The Kier molecular flexibility index (Phi) is 13.8. The van der Waals surface area contributed by atoms with Gasteiger partial charge in [-0.3, -0.25) is 4.99 Å². The van der Waals surface area contributed by atoms with Crippen LogP contribution < -0.4 is 9.80 Å². The van der Waals surface area contributed by atoms with Gasteiger partial charge in [0.2, 0.25) is 0 Å². The summed E-state index contributed by atoms with van der Waals surface area (Å²) in [6.07, 6.45) is 3.94. The van der Waals surface area contributed by atoms with Gasteiger partial charge >= 0.3 is 112 Å². The van der Waals surface area contributed by atoms with Crippen molar-refractivity contribution in [2.45, 2.75) is 55.4 Å². The van der Waals surface area contributed by atoms with Crippen LogP contribution in [0, 0.1) is 62.1 Å². The van der Waals surface area contributed by atoms with Crippen molar-refractivity contribution in [3.8, 4) is 5.75 Å². The van der Waals surface area contributed by atoms with E-state index < -0.39 is 0 Å². The zero-order chi connectivity index (χ0) is 40.6. The monoisotopic (exact) mass is 859 g/mol. The van der Waals surface area contributed by atoms with Gasteiger partial charge in [0.25, 0.3) is 0 Å². The Morgan fingerprint density at radius 2 is 1.09 bits per heavy atom. The summed E-state index contributed by atoms with van der Waals surface area (Å²) in [7, 11) is 6.10. The SMILES string of the molecule is Cc1cc(C)c(N2[CH-]N(c3c(C)cc(C)cc3C)CC2)c(C)c1.Cc1cccc(C)c1N=Cc1ccccc1O.[Cl][Ru]=[C]1C=C(c2ccccc2)c2ccccc21. The molecule has 1 aliphatic heterocycles. The molecule has 2 aliphatic rings. The Morgan fingerprint density at radius 1 is 0.596 bits per heavy atom. The van der Waals surface area contributed by atoms with Crippen molar-refractivity contribution in [2.75, 3.05) is 22.9 Å². The van der Waals surface area contributed by atoms with Crippen molar-refractivity contribution < 1.29 is 20.8 Å². The van der Waals surface area contributed by atoms with Gasteiger partial charge in [0.05, 0.1) is 5.69 Å². The van der Waals surface area contributed by atoms with Gasteiger partial charge in [0, 0.05) is 36.2 Å². The number of fused-ring (bicyclic) bond motifs is 1. The molecule has 1 heterocycles. The Labute approximate surface area is 351 Å². The molecule has 293 valence electrons. The van der Waals surface area contributed by atoms with E-state index in [1.165, 1.54) is 71.1 Å². The minimum atomic E-state index is -0.218. The standard InChI is InChI=1S/C21H27N2.C15H15NO.C15H10.ClH.Ru/c1-14-9-16(3)20(17(4)10-14)22-7-8-23(13-22)21-18(5)11-15(2)12-19(21)6;1-11-6-5-7-12(2)15(11)16-10-13-8-3-4-9-14(13)17;1-2-6-12(7-3-1)15-11-10-13-8-4-5-9-14(13)15;;/h9-13H,7-8H2,1-6H3;3-10,17H,1-2H3;1-9,11H;1H;/q-1;;;;+1/p-1. The number of nitrogens with zero attached hydrogens (tertiary/aromatic N) is 3. The van der Waals surface area contributed by atoms with Gasteiger partial charge in [-0.2, -0.15) is 6.67 Å². The number of rotatable bonds is 5. The number of benzene rings is 6. The molecule has 0 aromatic heterocycles. The molecule has 1 N–H and O–H groups in total. The number of phenolic OH excluding ortho intramolecular Hbond substituents is 1. The van der Waals surface area contributed by atoms with Gasteiger partial charge < -0.3 is 14.9 Å². The molecule has 6 aromatic rings. The minimum absolute atomic E-state index is 0.218. The van der Waals surface area contributed by atoms with E-state index in [9.17, 15) is 5.11 Å². The van der Waals surface area contributed by atoms with Gasteiger partial charge in [0.1, 0.15) is 5.75 Å². The number of para-hydroxylation sites is 2. The van der Waals surface area contributed by atoms with Crippen LogP contribution in [0.2, 0.25) is 0 Å². The second kappa shape index (κ2) is 18.9. The van der Waals surface area contributed by atoms with Crippen LogP contribution in [0.25, 0.3) is 5.57 Å². The summed E-state index contributed by atoms with van der Waals surface area (Å²) in [5.74, 6) is 0.252. The van der Waals surface area contributed by atoms with Crippen LogP contribution in [0.5, 0.6) is 5.75 Å². The summed E-state index contributed by atoms with van der Waals surface area (Å²) in [6.45, 7) is 21.6. The van der Waals surface area contributed by atoms with Crippen LogP contribution in [0.15, 0.2) is 132 Å². The molecule has 4 nitrogen and oxygen atoms in total. The van der Waals surface area contributed by atoms with E-state index in [0.717, 1.165) is 35.5 Å². The topological polar surface area (TPSA) is 39.1 Å². The molecule has 0 bridgehead atoms. The summed E-state index contributed by atoms with van der Waals surface area (Å²) in [5.41, 5.74) is 20.0. The van der Waals surface area contributed by atoms with Crippen molar-refractivity contribution in [3.05, 3.63) is 201 Å². The molecule has 1 fully saturated rings. The Balaban J connectivity index is 0.000000147. The van der Waals surface area contributed by atoms with Crippen molar-refractivity contribution in [1.29, 1.82) is 0 Å². The molecule has 0 radical (unpaired) electrons. The van der Waals surface area contributed by atoms with Gasteiger partial charge in [-0.05, 0) is 101 Å². The molecule has 0 atom stereocenters. The molecular weight excluding hydrogens is 807 g/mol. The number of hydrogen-bond donors (Lipinski definition) is 1. The molecule has 0 amide bonds. The average molecular weight is 860 g/mol. The van der Waals surface area contributed by atoms with Crippen molar-refractivity contribution in [3.63, 3.8) is 0 Å². The van der Waals surface area contributed by atoms with E-state index in [4.69, 9.17) is 9.69 Å². The predicted molar refractivity (Wildman–Crippen MR) is 241 cm³/mol. The number of anilines is 2. The molecule has 1 aliphatic carbocycles. The normalized spacial score (nSPS) is 14.1. The third kappa shape index (κ3) is 9.90. The first-order chi connectivity index (χ1) is 27.4. The first-order valence-electron chi connectivity index (χ1n) is 19.3. The number of allylic oxidation sites excluding steroid dienone is 1. The summed E-state index contributed by atoms with van der Waals surface area (Å²) in [5, 5.41) is 9.64. The number of hydrogen-bond acceptors (Lipinski definition) is 4. The van der Waals surface area contributed by atoms with Crippen molar-refractivity contribution >= 4 is 42.6 Å². The molecular formula is C51H52ClN3ORu-. The fourth-order valence-electron chi connectivity index (χ4n) is 7.94. The van der Waals surface area contributed by atoms with E-state index >= 15 is 0 Å². The molecule has 6 heteroatoms. The van der Waals surface area contributed by atoms with E-state index in [0.29, 0.717) is 0 Å². The zero-order valence-electron chi connectivity index (χ0n) is 34.2. The number of halogens is 1. The molecule has 57 heavy (non-hydrogen) atoms. The summed E-state index contributed by atoms with van der Waals surface area (Å²) in [6, 6.07) is 41.4. The van der Waals surface area contributed by atoms with Crippen LogP contribution >= 0.6 is 9.69 Å².